The fourth-order valence-electron chi connectivity index (χ4n) is 2.97. The molecule has 0 aliphatic carbocycles. The number of aryl methyl sites for hydroxylation is 1. The summed E-state index contributed by atoms with van der Waals surface area (Å²) in [6.07, 6.45) is 0. The third-order valence-electron chi connectivity index (χ3n) is 4.18. The summed E-state index contributed by atoms with van der Waals surface area (Å²) >= 11 is 3.40. The van der Waals surface area contributed by atoms with Crippen LogP contribution in [0.5, 0.6) is 5.75 Å². The van der Waals surface area contributed by atoms with E-state index in [1.807, 2.05) is 37.3 Å². The summed E-state index contributed by atoms with van der Waals surface area (Å²) in [5.41, 5.74) is 1.05. The van der Waals surface area contributed by atoms with Crippen molar-refractivity contribution >= 4 is 26.8 Å². The van der Waals surface area contributed by atoms with Crippen LogP contribution in [0.3, 0.4) is 0 Å². The molecule has 0 fully saturated rings. The summed E-state index contributed by atoms with van der Waals surface area (Å²) < 4.78 is 7.76. The molecule has 0 atom stereocenters. The summed E-state index contributed by atoms with van der Waals surface area (Å²) in [4.78, 5) is 17.2. The summed E-state index contributed by atoms with van der Waals surface area (Å²) in [6, 6.07) is 14.6. The quantitative estimate of drug-likeness (QED) is 0.545. The van der Waals surface area contributed by atoms with Gasteiger partial charge in [-0.05, 0) is 31.2 Å². The van der Waals surface area contributed by atoms with Gasteiger partial charge in [-0.3, -0.25) is 4.79 Å². The topological polar surface area (TPSA) is 81.2 Å². The van der Waals surface area contributed by atoms with Crippen molar-refractivity contribution in [3.05, 3.63) is 63.4 Å². The predicted molar refractivity (Wildman–Crippen MR) is 102 cm³/mol. The molecule has 0 amide bonds. The van der Waals surface area contributed by atoms with E-state index in [1.165, 1.54) is 0 Å². The highest BCUT2D eigenvalue weighted by Gasteiger charge is 2.22. The lowest BCUT2D eigenvalue weighted by molar-refractivity contribution is 0.425. The molecule has 0 aliphatic heterocycles. The monoisotopic (exact) mass is 411 g/mol. The van der Waals surface area contributed by atoms with Crippen LogP contribution in [0, 0.1) is 0 Å². The first-order valence-corrected chi connectivity index (χ1v) is 8.84. The van der Waals surface area contributed by atoms with Crippen LogP contribution >= 0.6 is 15.9 Å². The normalized spacial score (nSPS) is 11.2. The highest BCUT2D eigenvalue weighted by Crippen LogP contribution is 2.33. The number of halogens is 1. The molecule has 7 heteroatoms. The standard InChI is InChI=1S/C19H14BrN3O3/c1-2-23-14-9-4-3-8-13(14)16(24)15(19(23)25)18-21-17(22-26-18)11-6-5-7-12(20)10-11/h3-10,24H,2H2,1H3. The van der Waals surface area contributed by atoms with E-state index in [0.29, 0.717) is 23.3 Å². The molecule has 0 radical (unpaired) electrons. The first-order valence-electron chi connectivity index (χ1n) is 8.04. The molecule has 4 rings (SSSR count). The Balaban J connectivity index is 1.94. The van der Waals surface area contributed by atoms with Gasteiger partial charge in [-0.1, -0.05) is 45.4 Å². The van der Waals surface area contributed by atoms with Gasteiger partial charge in [0.2, 0.25) is 5.82 Å². The molecule has 26 heavy (non-hydrogen) atoms. The Hall–Kier alpha value is -2.93. The van der Waals surface area contributed by atoms with E-state index in [4.69, 9.17) is 4.52 Å². The summed E-state index contributed by atoms with van der Waals surface area (Å²) in [5.74, 6) is 0.187. The van der Waals surface area contributed by atoms with Gasteiger partial charge in [0.05, 0.1) is 5.52 Å². The molecule has 130 valence electrons. The molecule has 6 nitrogen and oxygen atoms in total. The van der Waals surface area contributed by atoms with Gasteiger partial charge in [0.25, 0.3) is 11.4 Å². The molecular formula is C19H14BrN3O3. The van der Waals surface area contributed by atoms with Gasteiger partial charge in [-0.15, -0.1) is 0 Å². The van der Waals surface area contributed by atoms with Crippen molar-refractivity contribution < 1.29 is 9.63 Å². The number of aromatic nitrogens is 3. The van der Waals surface area contributed by atoms with Gasteiger partial charge >= 0.3 is 0 Å². The molecule has 2 aromatic carbocycles. The largest absolute Gasteiger partial charge is 0.506 e. The van der Waals surface area contributed by atoms with Gasteiger partial charge in [0.1, 0.15) is 11.3 Å². The zero-order chi connectivity index (χ0) is 18.3. The maximum atomic E-state index is 12.9. The van der Waals surface area contributed by atoms with Crippen molar-refractivity contribution in [3.63, 3.8) is 0 Å². The molecule has 0 saturated heterocycles. The minimum Gasteiger partial charge on any atom is -0.506 e. The summed E-state index contributed by atoms with van der Waals surface area (Å²) in [7, 11) is 0. The zero-order valence-corrected chi connectivity index (χ0v) is 15.4. The Morgan fingerprint density at radius 2 is 2.00 bits per heavy atom. The minimum atomic E-state index is -0.367. The van der Waals surface area contributed by atoms with Crippen molar-refractivity contribution in [3.8, 4) is 28.6 Å². The van der Waals surface area contributed by atoms with Crippen LogP contribution in [-0.2, 0) is 6.54 Å². The zero-order valence-electron chi connectivity index (χ0n) is 13.8. The van der Waals surface area contributed by atoms with Gasteiger partial charge in [-0.25, -0.2) is 0 Å². The van der Waals surface area contributed by atoms with Crippen LogP contribution < -0.4 is 5.56 Å². The average molecular weight is 412 g/mol. The minimum absolute atomic E-state index is 0.00423. The second-order valence-electron chi connectivity index (χ2n) is 5.72. The molecule has 1 N–H and O–H groups in total. The predicted octanol–water partition coefficient (Wildman–Crippen LogP) is 4.21. The first kappa shape index (κ1) is 16.5. The summed E-state index contributed by atoms with van der Waals surface area (Å²) in [5, 5.41) is 15.2. The lowest BCUT2D eigenvalue weighted by Crippen LogP contribution is -2.21. The molecule has 4 aromatic rings. The van der Waals surface area contributed by atoms with Crippen molar-refractivity contribution in [2.75, 3.05) is 0 Å². The van der Waals surface area contributed by atoms with E-state index in [9.17, 15) is 9.90 Å². The highest BCUT2D eigenvalue weighted by atomic mass is 79.9. The highest BCUT2D eigenvalue weighted by molar-refractivity contribution is 9.10. The van der Waals surface area contributed by atoms with Crippen LogP contribution in [0.1, 0.15) is 6.92 Å². The smallest absolute Gasteiger partial charge is 0.267 e. The number of rotatable bonds is 3. The van der Waals surface area contributed by atoms with Gasteiger partial charge in [-0.2, -0.15) is 4.98 Å². The SMILES string of the molecule is CCn1c(=O)c(-c2nc(-c3cccc(Br)c3)no2)c(O)c2ccccc21. The lowest BCUT2D eigenvalue weighted by Gasteiger charge is -2.11. The maximum absolute atomic E-state index is 12.9. The van der Waals surface area contributed by atoms with Crippen molar-refractivity contribution in [1.29, 1.82) is 0 Å². The Labute approximate surface area is 156 Å². The molecule has 2 aromatic heterocycles. The van der Waals surface area contributed by atoms with Gasteiger partial charge in [0, 0.05) is 22.0 Å². The second-order valence-corrected chi connectivity index (χ2v) is 6.64. The van der Waals surface area contributed by atoms with Crippen LogP contribution in [0.25, 0.3) is 33.7 Å². The number of hydrogen-bond donors (Lipinski definition) is 1. The van der Waals surface area contributed by atoms with E-state index >= 15 is 0 Å². The number of pyridine rings is 1. The third-order valence-corrected chi connectivity index (χ3v) is 4.68. The first-order chi connectivity index (χ1) is 12.6. The average Bonchev–Trinajstić information content (AvgIpc) is 3.12. The van der Waals surface area contributed by atoms with Crippen molar-refractivity contribution in [1.82, 2.24) is 14.7 Å². The van der Waals surface area contributed by atoms with Gasteiger partial charge in [0.15, 0.2) is 0 Å². The van der Waals surface area contributed by atoms with E-state index in [-0.39, 0.29) is 22.8 Å². The van der Waals surface area contributed by atoms with E-state index in [2.05, 4.69) is 26.1 Å². The Morgan fingerprint density at radius 3 is 2.77 bits per heavy atom. The number of aromatic hydroxyl groups is 1. The van der Waals surface area contributed by atoms with E-state index in [1.54, 1.807) is 22.8 Å². The van der Waals surface area contributed by atoms with Crippen LogP contribution in [0.15, 0.2) is 62.3 Å². The summed E-state index contributed by atoms with van der Waals surface area (Å²) in [6.45, 7) is 2.33. The fourth-order valence-corrected chi connectivity index (χ4v) is 3.37. The molecule has 0 unspecified atom stereocenters. The second kappa shape index (κ2) is 6.42. The van der Waals surface area contributed by atoms with E-state index < -0.39 is 0 Å². The van der Waals surface area contributed by atoms with Crippen LogP contribution in [0.4, 0.5) is 0 Å². The Morgan fingerprint density at radius 1 is 1.19 bits per heavy atom. The molecule has 0 bridgehead atoms. The fraction of sp³-hybridized carbons (Fsp3) is 0.105. The Kier molecular flexibility index (Phi) is 4.08. The number of nitrogens with zero attached hydrogens (tertiary/aromatic N) is 3. The molecule has 0 saturated carbocycles. The third kappa shape index (κ3) is 2.61. The maximum Gasteiger partial charge on any atom is 0.267 e. The molecule has 2 heterocycles. The van der Waals surface area contributed by atoms with Gasteiger partial charge < -0.3 is 14.2 Å². The lowest BCUT2D eigenvalue weighted by atomic mass is 10.1. The Bertz CT molecular complexity index is 1180. The van der Waals surface area contributed by atoms with Crippen molar-refractivity contribution in [2.24, 2.45) is 0 Å². The van der Waals surface area contributed by atoms with Crippen LogP contribution in [-0.4, -0.2) is 19.8 Å². The van der Waals surface area contributed by atoms with E-state index in [0.717, 1.165) is 10.0 Å². The number of para-hydroxylation sites is 1. The number of fused-ring (bicyclic) bond motifs is 1. The number of benzene rings is 2. The number of hydrogen-bond acceptors (Lipinski definition) is 5. The van der Waals surface area contributed by atoms with Crippen molar-refractivity contribution in [2.45, 2.75) is 13.5 Å². The molecule has 0 spiro atoms. The molecule has 0 aliphatic rings. The molecular weight excluding hydrogens is 398 g/mol. The van der Waals surface area contributed by atoms with Crippen LogP contribution in [0.2, 0.25) is 0 Å².